The Hall–Kier alpha value is -2.31. The summed E-state index contributed by atoms with van der Waals surface area (Å²) in [5, 5.41) is 7.70. The van der Waals surface area contributed by atoms with Gasteiger partial charge in [0.2, 0.25) is 0 Å². The van der Waals surface area contributed by atoms with E-state index in [9.17, 15) is 4.79 Å². The van der Waals surface area contributed by atoms with Crippen LogP contribution >= 0.6 is 0 Å². The highest BCUT2D eigenvalue weighted by Gasteiger charge is 2.28. The van der Waals surface area contributed by atoms with Gasteiger partial charge < -0.3 is 15.2 Å². The average Bonchev–Trinajstić information content (AvgIpc) is 3.22. The van der Waals surface area contributed by atoms with Crippen LogP contribution in [0.15, 0.2) is 12.4 Å². The molecule has 2 N–H and O–H groups in total. The summed E-state index contributed by atoms with van der Waals surface area (Å²) in [7, 11) is 1.94. The number of carbonyl (C=O) groups is 1. The zero-order valence-corrected chi connectivity index (χ0v) is 15.5. The van der Waals surface area contributed by atoms with Crippen LogP contribution in [-0.4, -0.2) is 43.8 Å². The molecule has 0 aliphatic carbocycles. The van der Waals surface area contributed by atoms with Gasteiger partial charge in [0.1, 0.15) is 5.82 Å². The number of piperidine rings is 1. The van der Waals surface area contributed by atoms with Gasteiger partial charge in [-0.2, -0.15) is 5.10 Å². The molecule has 2 aromatic rings. The first-order valence-electron chi connectivity index (χ1n) is 9.06. The summed E-state index contributed by atoms with van der Waals surface area (Å²) in [6.07, 6.45) is 6.52. The number of carbonyl (C=O) groups excluding carboxylic acids is 1. The molecule has 0 radical (unpaired) electrons. The van der Waals surface area contributed by atoms with E-state index in [0.29, 0.717) is 6.54 Å². The molecule has 1 fully saturated rings. The molecule has 0 spiro atoms. The van der Waals surface area contributed by atoms with Crippen molar-refractivity contribution < 1.29 is 4.79 Å². The van der Waals surface area contributed by atoms with E-state index in [1.54, 1.807) is 6.20 Å². The Morgan fingerprint density at radius 1 is 1.48 bits per heavy atom. The van der Waals surface area contributed by atoms with Crippen molar-refractivity contribution in [2.45, 2.75) is 52.0 Å². The van der Waals surface area contributed by atoms with Gasteiger partial charge >= 0.3 is 6.03 Å². The summed E-state index contributed by atoms with van der Waals surface area (Å²) < 4.78 is 1.88. The smallest absolute Gasteiger partial charge is 0.317 e. The molecule has 1 aliphatic rings. The van der Waals surface area contributed by atoms with Gasteiger partial charge in [0.05, 0.1) is 11.7 Å². The molecule has 0 unspecified atom stereocenters. The molecule has 0 saturated carbocycles. The molecule has 7 nitrogen and oxygen atoms in total. The lowest BCUT2D eigenvalue weighted by atomic mass is 9.97. The molecule has 2 atom stereocenters. The quantitative estimate of drug-likeness (QED) is 0.895. The third-order valence-electron chi connectivity index (χ3n) is 5.23. The number of nitrogens with zero attached hydrogens (tertiary/aromatic N) is 4. The Balaban J connectivity index is 1.69. The molecular formula is C18H28N6O. The number of urea groups is 1. The van der Waals surface area contributed by atoms with Gasteiger partial charge in [-0.1, -0.05) is 6.92 Å². The fraction of sp³-hybridized carbons (Fsp3) is 0.611. The minimum atomic E-state index is -0.00908. The van der Waals surface area contributed by atoms with Crippen molar-refractivity contribution in [2.24, 2.45) is 7.05 Å². The van der Waals surface area contributed by atoms with Crippen LogP contribution in [0.2, 0.25) is 0 Å². The lowest BCUT2D eigenvalue weighted by Gasteiger charge is -2.33. The number of likely N-dealkylation sites (tertiary alicyclic amines) is 1. The second-order valence-corrected chi connectivity index (χ2v) is 6.88. The summed E-state index contributed by atoms with van der Waals surface area (Å²) >= 11 is 0. The molecular weight excluding hydrogens is 316 g/mol. The lowest BCUT2D eigenvalue weighted by Crippen LogP contribution is -2.46. The molecule has 2 amide bonds. The minimum Gasteiger partial charge on any atom is -0.348 e. The van der Waals surface area contributed by atoms with Crippen LogP contribution in [0.3, 0.4) is 0 Å². The van der Waals surface area contributed by atoms with Crippen LogP contribution in [0.5, 0.6) is 0 Å². The first-order valence-corrected chi connectivity index (χ1v) is 9.06. The molecule has 3 heterocycles. The molecule has 0 aromatic carbocycles. The molecule has 2 aromatic heterocycles. The van der Waals surface area contributed by atoms with E-state index < -0.39 is 0 Å². The van der Waals surface area contributed by atoms with Gasteiger partial charge in [0.15, 0.2) is 0 Å². The zero-order valence-electron chi connectivity index (χ0n) is 15.5. The van der Waals surface area contributed by atoms with E-state index >= 15 is 0 Å². The summed E-state index contributed by atoms with van der Waals surface area (Å²) in [6, 6.07) is -0.00375. The minimum absolute atomic E-state index is 0.00533. The van der Waals surface area contributed by atoms with Crippen molar-refractivity contribution in [1.82, 2.24) is 30.0 Å². The van der Waals surface area contributed by atoms with Gasteiger partial charge in [0, 0.05) is 49.7 Å². The average molecular weight is 344 g/mol. The van der Waals surface area contributed by atoms with Gasteiger partial charge in [-0.3, -0.25) is 4.68 Å². The van der Waals surface area contributed by atoms with Crippen molar-refractivity contribution in [3.8, 4) is 0 Å². The van der Waals surface area contributed by atoms with Gasteiger partial charge in [-0.05, 0) is 33.1 Å². The second-order valence-electron chi connectivity index (χ2n) is 6.88. The third kappa shape index (κ3) is 3.55. The first kappa shape index (κ1) is 17.5. The molecule has 1 saturated heterocycles. The van der Waals surface area contributed by atoms with E-state index in [1.807, 2.05) is 29.7 Å². The van der Waals surface area contributed by atoms with Gasteiger partial charge in [0.25, 0.3) is 0 Å². The van der Waals surface area contributed by atoms with Crippen LogP contribution in [0.25, 0.3) is 0 Å². The van der Waals surface area contributed by atoms with E-state index in [4.69, 9.17) is 0 Å². The van der Waals surface area contributed by atoms with Crippen molar-refractivity contribution in [2.75, 3.05) is 13.1 Å². The Kier molecular flexibility index (Phi) is 5.11. The Morgan fingerprint density at radius 2 is 2.28 bits per heavy atom. The lowest BCUT2D eigenvalue weighted by molar-refractivity contribution is 0.174. The molecule has 1 aliphatic heterocycles. The topological polar surface area (TPSA) is 78.8 Å². The normalized spacial score (nSPS) is 19.0. The van der Waals surface area contributed by atoms with Crippen LogP contribution in [-0.2, 0) is 7.05 Å². The first-order chi connectivity index (χ1) is 12.0. The van der Waals surface area contributed by atoms with Crippen molar-refractivity contribution in [3.05, 3.63) is 35.2 Å². The number of aromatic amines is 1. The number of hydrogen-bond donors (Lipinski definition) is 2. The van der Waals surface area contributed by atoms with Crippen molar-refractivity contribution >= 4 is 6.03 Å². The molecule has 7 heteroatoms. The predicted molar refractivity (Wildman–Crippen MR) is 96.4 cm³/mol. The summed E-state index contributed by atoms with van der Waals surface area (Å²) in [4.78, 5) is 22.3. The molecule has 25 heavy (non-hydrogen) atoms. The van der Waals surface area contributed by atoms with Crippen LogP contribution < -0.4 is 5.32 Å². The predicted octanol–water partition coefficient (Wildman–Crippen LogP) is 2.80. The fourth-order valence-corrected chi connectivity index (χ4v) is 3.80. The Bertz CT molecular complexity index is 720. The maximum Gasteiger partial charge on any atom is 0.317 e. The second kappa shape index (κ2) is 7.29. The number of rotatable bonds is 4. The van der Waals surface area contributed by atoms with Crippen LogP contribution in [0.1, 0.15) is 60.9 Å². The molecule has 136 valence electrons. The highest BCUT2D eigenvalue weighted by Crippen LogP contribution is 2.27. The maximum absolute atomic E-state index is 12.8. The summed E-state index contributed by atoms with van der Waals surface area (Å²) in [5.74, 6) is 1.26. The molecule has 0 bridgehead atoms. The number of imidazole rings is 1. The maximum atomic E-state index is 12.8. The largest absolute Gasteiger partial charge is 0.348 e. The number of amides is 2. The van der Waals surface area contributed by atoms with Crippen LogP contribution in [0, 0.1) is 13.8 Å². The SMILES string of the molecule is CC[C@@H](NC(=O)N1CCC[C@@H](c2ncc[nH]2)C1)c1c(C)nn(C)c1C. The molecule has 3 rings (SSSR count). The zero-order chi connectivity index (χ0) is 18.0. The number of aryl methyl sites for hydroxylation is 2. The van der Waals surface area contributed by atoms with Gasteiger partial charge in [-0.15, -0.1) is 0 Å². The van der Waals surface area contributed by atoms with Gasteiger partial charge in [-0.25, -0.2) is 9.78 Å². The third-order valence-corrected chi connectivity index (χ3v) is 5.23. The van der Waals surface area contributed by atoms with Crippen molar-refractivity contribution in [3.63, 3.8) is 0 Å². The van der Waals surface area contributed by atoms with E-state index in [-0.39, 0.29) is 18.0 Å². The van der Waals surface area contributed by atoms with E-state index in [2.05, 4.69) is 34.2 Å². The monoisotopic (exact) mass is 344 g/mol. The van der Waals surface area contributed by atoms with Crippen LogP contribution in [0.4, 0.5) is 4.79 Å². The Labute approximate surface area is 148 Å². The highest BCUT2D eigenvalue weighted by molar-refractivity contribution is 5.75. The van der Waals surface area contributed by atoms with E-state index in [0.717, 1.165) is 48.6 Å². The fourth-order valence-electron chi connectivity index (χ4n) is 3.80. The number of hydrogen-bond acceptors (Lipinski definition) is 3. The van der Waals surface area contributed by atoms with Crippen molar-refractivity contribution in [1.29, 1.82) is 0 Å². The number of aromatic nitrogens is 4. The summed E-state index contributed by atoms with van der Waals surface area (Å²) in [6.45, 7) is 7.66. The number of H-pyrrole nitrogens is 1. The highest BCUT2D eigenvalue weighted by atomic mass is 16.2. The summed E-state index contributed by atoms with van der Waals surface area (Å²) in [5.41, 5.74) is 3.23. The number of nitrogens with one attached hydrogen (secondary N) is 2. The van der Waals surface area contributed by atoms with E-state index in [1.165, 1.54) is 0 Å². The standard InChI is InChI=1S/C18H28N6O/c1-5-15(16-12(2)22-23(4)13(16)3)21-18(25)24-10-6-7-14(11-24)17-19-8-9-20-17/h8-9,14-15H,5-7,10-11H2,1-4H3,(H,19,20)(H,21,25)/t14-,15-/m1/s1. The Morgan fingerprint density at radius 3 is 2.88 bits per heavy atom.